The molecule has 1 saturated carbocycles. The van der Waals surface area contributed by atoms with E-state index in [1.54, 1.807) is 0 Å². The van der Waals surface area contributed by atoms with Crippen LogP contribution >= 0.6 is 23.7 Å². The number of hydrogen-bond acceptors (Lipinski definition) is 8. The highest BCUT2D eigenvalue weighted by molar-refractivity contribution is 7.21. The van der Waals surface area contributed by atoms with Gasteiger partial charge in [0.25, 0.3) is 5.56 Å². The Morgan fingerprint density at radius 1 is 1.19 bits per heavy atom. The fourth-order valence-corrected chi connectivity index (χ4v) is 5.17. The van der Waals surface area contributed by atoms with Gasteiger partial charge in [0.05, 0.1) is 29.5 Å². The number of aliphatic hydroxyl groups excluding tert-OH is 1. The molecule has 2 aromatic heterocycles. The minimum absolute atomic E-state index is 0. The number of thiazole rings is 1. The van der Waals surface area contributed by atoms with E-state index in [2.05, 4.69) is 10.3 Å². The zero-order valence-corrected chi connectivity index (χ0v) is 18.7. The fraction of sp³-hybridized carbons (Fsp3) is 0.476. The number of halogens is 1. The van der Waals surface area contributed by atoms with Crippen molar-refractivity contribution >= 4 is 45.7 Å². The van der Waals surface area contributed by atoms with Gasteiger partial charge in [-0.15, -0.1) is 23.7 Å². The Morgan fingerprint density at radius 2 is 2.00 bits per heavy atom. The van der Waals surface area contributed by atoms with Crippen molar-refractivity contribution in [2.45, 2.75) is 37.8 Å². The average Bonchev–Trinajstić information content (AvgIpc) is 3.17. The number of aliphatic hydroxyl groups is 1. The summed E-state index contributed by atoms with van der Waals surface area (Å²) in [5, 5.41) is 14.2. The summed E-state index contributed by atoms with van der Waals surface area (Å²) in [5.74, 6) is 1.09. The van der Waals surface area contributed by atoms with Crippen molar-refractivity contribution in [2.75, 3.05) is 36.5 Å². The third-order valence-electron chi connectivity index (χ3n) is 5.71. The summed E-state index contributed by atoms with van der Waals surface area (Å²) < 4.78 is 6.46. The molecule has 3 aromatic rings. The minimum atomic E-state index is -0.317. The van der Waals surface area contributed by atoms with E-state index in [-0.39, 0.29) is 30.1 Å². The van der Waals surface area contributed by atoms with Crippen LogP contribution in [-0.4, -0.2) is 58.5 Å². The van der Waals surface area contributed by atoms with Gasteiger partial charge in [0.15, 0.2) is 0 Å². The van der Waals surface area contributed by atoms with E-state index in [9.17, 15) is 9.90 Å². The molecule has 0 spiro atoms. The number of ether oxygens (including phenoxy) is 1. The molecule has 0 radical (unpaired) electrons. The Hall–Kier alpha value is -2.20. The molecule has 8 nitrogen and oxygen atoms in total. The number of rotatable bonds is 4. The molecule has 2 atom stereocenters. The maximum atomic E-state index is 13.2. The van der Waals surface area contributed by atoms with E-state index >= 15 is 0 Å². The second-order valence-electron chi connectivity index (χ2n) is 7.86. The molecule has 5 rings (SSSR count). The Balaban J connectivity index is 0.00000231. The monoisotopic (exact) mass is 463 g/mol. The molecule has 31 heavy (non-hydrogen) atoms. The maximum absolute atomic E-state index is 13.2. The Labute approximate surface area is 190 Å². The number of aromatic nitrogens is 3. The van der Waals surface area contributed by atoms with Gasteiger partial charge in [-0.1, -0.05) is 12.1 Å². The first-order chi connectivity index (χ1) is 14.7. The van der Waals surface area contributed by atoms with Gasteiger partial charge >= 0.3 is 0 Å². The Morgan fingerprint density at radius 3 is 2.77 bits per heavy atom. The van der Waals surface area contributed by atoms with Crippen molar-refractivity contribution in [1.82, 2.24) is 15.0 Å². The van der Waals surface area contributed by atoms with E-state index in [0.717, 1.165) is 29.5 Å². The van der Waals surface area contributed by atoms with Gasteiger partial charge in [-0.2, -0.15) is 4.98 Å². The van der Waals surface area contributed by atoms with Crippen LogP contribution in [0, 0.1) is 0 Å². The highest BCUT2D eigenvalue weighted by Crippen LogP contribution is 2.33. The number of H-pyrrole nitrogens is 1. The van der Waals surface area contributed by atoms with Crippen molar-refractivity contribution < 1.29 is 9.84 Å². The number of anilines is 2. The molecule has 0 unspecified atom stereocenters. The molecule has 3 heterocycles. The topological polar surface area (TPSA) is 103 Å². The van der Waals surface area contributed by atoms with Crippen molar-refractivity contribution in [1.29, 1.82) is 0 Å². The van der Waals surface area contributed by atoms with Crippen molar-refractivity contribution in [2.24, 2.45) is 0 Å². The number of morpholine rings is 1. The van der Waals surface area contributed by atoms with Crippen LogP contribution < -0.4 is 15.8 Å². The quantitative estimate of drug-likeness (QED) is 0.546. The molecule has 1 saturated heterocycles. The number of para-hydroxylation sites is 1. The third kappa shape index (κ3) is 4.69. The smallest absolute Gasteiger partial charge is 0.264 e. The Bertz CT molecular complexity index is 1070. The summed E-state index contributed by atoms with van der Waals surface area (Å²) in [5.41, 5.74) is 1.13. The van der Waals surface area contributed by atoms with E-state index in [4.69, 9.17) is 14.7 Å². The first-order valence-electron chi connectivity index (χ1n) is 10.4. The summed E-state index contributed by atoms with van der Waals surface area (Å²) >= 11 is 1.49. The van der Waals surface area contributed by atoms with Crippen LogP contribution in [0.4, 0.5) is 11.8 Å². The molecular formula is C21H26ClN5O3S. The molecule has 0 bridgehead atoms. The number of nitrogens with zero attached hydrogens (tertiary/aromatic N) is 3. The zero-order chi connectivity index (χ0) is 20.5. The summed E-state index contributed by atoms with van der Waals surface area (Å²) in [6.07, 6.45) is 3.06. The van der Waals surface area contributed by atoms with Gasteiger partial charge in [0.2, 0.25) is 5.95 Å². The molecule has 1 aromatic carbocycles. The maximum Gasteiger partial charge on any atom is 0.264 e. The molecular weight excluding hydrogens is 438 g/mol. The summed E-state index contributed by atoms with van der Waals surface area (Å²) in [6, 6.07) is 7.94. The molecule has 2 aliphatic rings. The van der Waals surface area contributed by atoms with E-state index < -0.39 is 0 Å². The molecule has 2 fully saturated rings. The SMILES string of the molecule is Cl.O=c1[nH]c(N2CCOCC2)nc(N[C@@H]2CCC[C@@H](O)C2)c1-c1nc2ccccc2s1. The van der Waals surface area contributed by atoms with Crippen LogP contribution in [0.25, 0.3) is 20.8 Å². The van der Waals surface area contributed by atoms with Crippen LogP contribution in [0.15, 0.2) is 29.1 Å². The number of hydrogen-bond donors (Lipinski definition) is 3. The lowest BCUT2D eigenvalue weighted by molar-refractivity contribution is 0.122. The molecule has 1 aliphatic heterocycles. The first-order valence-corrected chi connectivity index (χ1v) is 11.3. The fourth-order valence-electron chi connectivity index (χ4n) is 4.16. The van der Waals surface area contributed by atoms with E-state index in [0.29, 0.717) is 55.1 Å². The standard InChI is InChI=1S/C21H25N5O3S.ClH/c27-14-5-3-4-13(12-14)22-18-17(20-23-15-6-1-2-7-16(15)30-20)19(28)25-21(24-18)26-8-10-29-11-9-26;/h1-2,6-7,13-14,27H,3-5,8-12H2,(H2,22,24,25,28);1H/t13-,14-;/m1./s1. The highest BCUT2D eigenvalue weighted by Gasteiger charge is 2.25. The van der Waals surface area contributed by atoms with Crippen molar-refractivity contribution in [3.8, 4) is 10.6 Å². The van der Waals surface area contributed by atoms with Gasteiger partial charge < -0.3 is 20.1 Å². The van der Waals surface area contributed by atoms with E-state index in [1.807, 2.05) is 29.2 Å². The number of nitrogens with one attached hydrogen (secondary N) is 2. The second-order valence-corrected chi connectivity index (χ2v) is 8.89. The largest absolute Gasteiger partial charge is 0.393 e. The zero-order valence-electron chi connectivity index (χ0n) is 17.0. The van der Waals surface area contributed by atoms with Crippen LogP contribution in [0.5, 0.6) is 0 Å². The van der Waals surface area contributed by atoms with Crippen LogP contribution in [0.2, 0.25) is 0 Å². The van der Waals surface area contributed by atoms with Gasteiger partial charge in [-0.25, -0.2) is 4.98 Å². The van der Waals surface area contributed by atoms with Gasteiger partial charge in [-0.05, 0) is 37.8 Å². The molecule has 10 heteroatoms. The second kappa shape index (κ2) is 9.52. The van der Waals surface area contributed by atoms with Crippen LogP contribution in [0.1, 0.15) is 25.7 Å². The predicted octanol–water partition coefficient (Wildman–Crippen LogP) is 3.02. The number of fused-ring (bicyclic) bond motifs is 1. The highest BCUT2D eigenvalue weighted by atomic mass is 35.5. The molecule has 0 amide bonds. The lowest BCUT2D eigenvalue weighted by Crippen LogP contribution is -2.39. The molecule has 1 aliphatic carbocycles. The summed E-state index contributed by atoms with van der Waals surface area (Å²) in [6.45, 7) is 2.60. The minimum Gasteiger partial charge on any atom is -0.393 e. The number of aromatic amines is 1. The Kier molecular flexibility index (Phi) is 6.76. The number of benzene rings is 1. The molecule has 3 N–H and O–H groups in total. The average molecular weight is 464 g/mol. The van der Waals surface area contributed by atoms with Crippen molar-refractivity contribution in [3.63, 3.8) is 0 Å². The van der Waals surface area contributed by atoms with Gasteiger partial charge in [0, 0.05) is 19.1 Å². The summed E-state index contributed by atoms with van der Waals surface area (Å²) in [4.78, 5) is 27.7. The predicted molar refractivity (Wildman–Crippen MR) is 126 cm³/mol. The van der Waals surface area contributed by atoms with Gasteiger partial charge in [-0.3, -0.25) is 9.78 Å². The lowest BCUT2D eigenvalue weighted by atomic mass is 9.93. The van der Waals surface area contributed by atoms with E-state index in [1.165, 1.54) is 11.3 Å². The van der Waals surface area contributed by atoms with Crippen LogP contribution in [-0.2, 0) is 4.74 Å². The lowest BCUT2D eigenvalue weighted by Gasteiger charge is -2.30. The van der Waals surface area contributed by atoms with Gasteiger partial charge in [0.1, 0.15) is 16.4 Å². The van der Waals surface area contributed by atoms with Crippen molar-refractivity contribution in [3.05, 3.63) is 34.6 Å². The van der Waals surface area contributed by atoms with Crippen LogP contribution in [0.3, 0.4) is 0 Å². The molecule has 166 valence electrons. The first kappa shape index (κ1) is 22.0. The third-order valence-corrected chi connectivity index (χ3v) is 6.77. The summed E-state index contributed by atoms with van der Waals surface area (Å²) in [7, 11) is 0. The normalized spacial score (nSPS) is 21.6.